The van der Waals surface area contributed by atoms with Crippen molar-refractivity contribution in [2.45, 2.75) is 31.5 Å². The minimum Gasteiger partial charge on any atom is -0.271 e. The van der Waals surface area contributed by atoms with Crippen LogP contribution in [0.4, 0.5) is 23.7 Å². The first kappa shape index (κ1) is 21.6. The number of carbonyl (C=O) groups is 2. The van der Waals surface area contributed by atoms with Gasteiger partial charge in [-0.2, -0.15) is 18.4 Å². The first-order valence-corrected chi connectivity index (χ1v) is 10.6. The average molecular weight is 439 g/mol. The fraction of sp³-hybridized carbons (Fsp3) is 0.316. The zero-order chi connectivity index (χ0) is 22.5. The minimum absolute atomic E-state index is 0.254. The van der Waals surface area contributed by atoms with Crippen molar-refractivity contribution in [3.05, 3.63) is 53.1 Å². The van der Waals surface area contributed by atoms with E-state index in [9.17, 15) is 31.2 Å². The van der Waals surface area contributed by atoms with E-state index < -0.39 is 50.5 Å². The van der Waals surface area contributed by atoms with Crippen LogP contribution < -0.4 is 4.90 Å². The van der Waals surface area contributed by atoms with Crippen LogP contribution in [0.2, 0.25) is 0 Å². The van der Waals surface area contributed by atoms with Gasteiger partial charge in [-0.05, 0) is 43.5 Å². The zero-order valence-corrected chi connectivity index (χ0v) is 16.7. The number of allylic oxidation sites excluding steroid dienone is 2. The Hall–Kier alpha value is -3.13. The summed E-state index contributed by atoms with van der Waals surface area (Å²) >= 11 is 0. The molecule has 3 amide bonds. The number of carbonyl (C=O) groups excluding carboxylic acids is 2. The molecule has 1 heterocycles. The van der Waals surface area contributed by atoms with Crippen molar-refractivity contribution in [3.63, 3.8) is 0 Å². The average Bonchev–Trinajstić information content (AvgIpc) is 2.87. The van der Waals surface area contributed by atoms with Crippen molar-refractivity contribution in [1.29, 1.82) is 5.26 Å². The van der Waals surface area contributed by atoms with E-state index in [0.29, 0.717) is 28.1 Å². The molecule has 158 valence electrons. The lowest BCUT2D eigenvalue weighted by Crippen LogP contribution is -2.50. The number of nitrogens with zero attached hydrogens (tertiary/aromatic N) is 3. The number of sulfonamides is 1. The van der Waals surface area contributed by atoms with E-state index in [1.807, 2.05) is 0 Å². The van der Waals surface area contributed by atoms with Crippen molar-refractivity contribution in [2.24, 2.45) is 0 Å². The van der Waals surface area contributed by atoms with Gasteiger partial charge in [-0.15, -0.1) is 0 Å². The SMILES string of the molecule is CC1(C2=CCCC=C2)C(=O)N(c2ccc(C#N)c(C(F)(F)F)c2)C(=O)N1S(C)(=O)=O. The topological polar surface area (TPSA) is 98.5 Å². The molecule has 1 aliphatic heterocycles. The summed E-state index contributed by atoms with van der Waals surface area (Å²) in [6.07, 6.45) is 1.85. The Morgan fingerprint density at radius 2 is 1.87 bits per heavy atom. The zero-order valence-electron chi connectivity index (χ0n) is 15.9. The number of anilines is 1. The van der Waals surface area contributed by atoms with Gasteiger partial charge >= 0.3 is 12.2 Å². The molecule has 0 N–H and O–H groups in total. The molecule has 0 radical (unpaired) electrons. The predicted octanol–water partition coefficient (Wildman–Crippen LogP) is 3.34. The van der Waals surface area contributed by atoms with Crippen molar-refractivity contribution < 1.29 is 31.2 Å². The Bertz CT molecular complexity index is 1150. The Labute approximate surface area is 170 Å². The van der Waals surface area contributed by atoms with Gasteiger partial charge < -0.3 is 0 Å². The first-order chi connectivity index (χ1) is 13.8. The molecule has 0 saturated carbocycles. The summed E-state index contributed by atoms with van der Waals surface area (Å²) in [5, 5.41) is 8.94. The Kier molecular flexibility index (Phi) is 5.02. The van der Waals surface area contributed by atoms with Crippen LogP contribution in [0.5, 0.6) is 0 Å². The Morgan fingerprint density at radius 1 is 1.20 bits per heavy atom. The van der Waals surface area contributed by atoms with Crippen LogP contribution in [-0.2, 0) is 21.0 Å². The molecule has 1 aliphatic carbocycles. The van der Waals surface area contributed by atoms with Crippen LogP contribution in [0.1, 0.15) is 30.9 Å². The molecule has 1 atom stereocenters. The number of nitriles is 1. The van der Waals surface area contributed by atoms with Crippen LogP contribution in [0.3, 0.4) is 0 Å². The molecule has 0 spiro atoms. The number of halogens is 3. The van der Waals surface area contributed by atoms with E-state index in [1.54, 1.807) is 12.2 Å². The van der Waals surface area contributed by atoms with Gasteiger partial charge in [0, 0.05) is 0 Å². The van der Waals surface area contributed by atoms with E-state index >= 15 is 0 Å². The second-order valence-electron chi connectivity index (χ2n) is 7.00. The Balaban J connectivity index is 2.22. The van der Waals surface area contributed by atoms with E-state index in [2.05, 4.69) is 0 Å². The summed E-state index contributed by atoms with van der Waals surface area (Å²) < 4.78 is 65.2. The molecule has 1 aromatic rings. The monoisotopic (exact) mass is 439 g/mol. The maximum Gasteiger partial charge on any atom is 0.417 e. The second-order valence-corrected chi connectivity index (χ2v) is 8.83. The molecule has 11 heteroatoms. The molecule has 1 saturated heterocycles. The van der Waals surface area contributed by atoms with E-state index in [-0.39, 0.29) is 5.57 Å². The number of hydrogen-bond donors (Lipinski definition) is 0. The van der Waals surface area contributed by atoms with Crippen LogP contribution in [0, 0.1) is 11.3 Å². The van der Waals surface area contributed by atoms with Gasteiger partial charge in [-0.1, -0.05) is 18.2 Å². The van der Waals surface area contributed by atoms with Gasteiger partial charge in [-0.3, -0.25) is 4.79 Å². The molecular weight excluding hydrogens is 423 g/mol. The fourth-order valence-corrected chi connectivity index (χ4v) is 4.81. The maximum absolute atomic E-state index is 13.3. The van der Waals surface area contributed by atoms with Gasteiger partial charge in [0.05, 0.1) is 29.1 Å². The third kappa shape index (κ3) is 3.27. The molecule has 3 rings (SSSR count). The van der Waals surface area contributed by atoms with E-state index in [0.717, 1.165) is 18.4 Å². The lowest BCUT2D eigenvalue weighted by atomic mass is 9.88. The van der Waals surface area contributed by atoms with Gasteiger partial charge in [0.2, 0.25) is 10.0 Å². The highest BCUT2D eigenvalue weighted by Gasteiger charge is 2.60. The summed E-state index contributed by atoms with van der Waals surface area (Å²) in [5.41, 5.74) is -4.20. The van der Waals surface area contributed by atoms with Crippen molar-refractivity contribution >= 4 is 27.6 Å². The molecule has 1 fully saturated rings. The summed E-state index contributed by atoms with van der Waals surface area (Å²) in [5.74, 6) is -1.01. The normalized spacial score (nSPS) is 22.3. The number of alkyl halides is 3. The number of rotatable bonds is 3. The van der Waals surface area contributed by atoms with E-state index in [4.69, 9.17) is 5.26 Å². The third-order valence-electron chi connectivity index (χ3n) is 4.97. The summed E-state index contributed by atoms with van der Waals surface area (Å²) in [4.78, 5) is 26.7. The molecule has 0 aromatic heterocycles. The molecule has 1 unspecified atom stereocenters. The van der Waals surface area contributed by atoms with Crippen LogP contribution in [-0.4, -0.2) is 36.5 Å². The molecule has 30 heavy (non-hydrogen) atoms. The molecule has 2 aliphatic rings. The predicted molar refractivity (Wildman–Crippen MR) is 101 cm³/mol. The molecular formula is C19H16F3N3O4S. The third-order valence-corrected chi connectivity index (χ3v) is 6.15. The van der Waals surface area contributed by atoms with Crippen molar-refractivity contribution in [2.75, 3.05) is 11.2 Å². The minimum atomic E-state index is -4.92. The smallest absolute Gasteiger partial charge is 0.271 e. The second kappa shape index (κ2) is 6.98. The van der Waals surface area contributed by atoms with Gasteiger partial charge in [0.15, 0.2) is 5.54 Å². The van der Waals surface area contributed by atoms with Crippen molar-refractivity contribution in [1.82, 2.24) is 4.31 Å². The molecule has 1 aromatic carbocycles. The maximum atomic E-state index is 13.3. The summed E-state index contributed by atoms with van der Waals surface area (Å²) in [6.45, 7) is 1.24. The quantitative estimate of drug-likeness (QED) is 0.673. The van der Waals surface area contributed by atoms with Gasteiger partial charge in [-0.25, -0.2) is 22.4 Å². The summed E-state index contributed by atoms with van der Waals surface area (Å²) in [7, 11) is -4.26. The van der Waals surface area contributed by atoms with Crippen molar-refractivity contribution in [3.8, 4) is 6.07 Å². The van der Waals surface area contributed by atoms with Gasteiger partial charge in [0.25, 0.3) is 5.91 Å². The number of urea groups is 1. The largest absolute Gasteiger partial charge is 0.417 e. The molecule has 7 nitrogen and oxygen atoms in total. The van der Waals surface area contributed by atoms with Crippen LogP contribution in [0.15, 0.2) is 42.0 Å². The van der Waals surface area contributed by atoms with Crippen LogP contribution in [0.25, 0.3) is 0 Å². The number of hydrogen-bond acceptors (Lipinski definition) is 5. The lowest BCUT2D eigenvalue weighted by Gasteiger charge is -2.31. The van der Waals surface area contributed by atoms with Crippen LogP contribution >= 0.6 is 0 Å². The fourth-order valence-electron chi connectivity index (χ4n) is 3.59. The lowest BCUT2D eigenvalue weighted by molar-refractivity contribution is -0.137. The number of benzene rings is 1. The molecule has 0 bridgehead atoms. The van der Waals surface area contributed by atoms with E-state index in [1.165, 1.54) is 19.1 Å². The summed E-state index contributed by atoms with van der Waals surface area (Å²) in [6, 6.07) is 2.45. The Morgan fingerprint density at radius 3 is 2.37 bits per heavy atom. The highest BCUT2D eigenvalue weighted by Crippen LogP contribution is 2.42. The highest BCUT2D eigenvalue weighted by molar-refractivity contribution is 7.89. The number of imide groups is 1. The highest BCUT2D eigenvalue weighted by atomic mass is 32.2. The standard InChI is InChI=1S/C19H16F3N3O4S/c1-18(13-6-4-3-5-7-13)16(26)24(17(27)25(18)30(2,28)29)14-9-8-12(11-23)15(10-14)19(20,21)22/h4,6-10H,3,5H2,1-2H3. The number of amides is 3. The van der Waals surface area contributed by atoms with Gasteiger partial charge in [0.1, 0.15) is 0 Å². The first-order valence-electron chi connectivity index (χ1n) is 8.71.